The highest BCUT2D eigenvalue weighted by molar-refractivity contribution is 8.00. The summed E-state index contributed by atoms with van der Waals surface area (Å²) in [4.78, 5) is 19.4. The summed E-state index contributed by atoms with van der Waals surface area (Å²) in [5, 5.41) is 7.78. The van der Waals surface area contributed by atoms with Gasteiger partial charge in [0.25, 0.3) is 0 Å². The van der Waals surface area contributed by atoms with Crippen molar-refractivity contribution in [3.63, 3.8) is 0 Å². The summed E-state index contributed by atoms with van der Waals surface area (Å²) < 4.78 is 9.60. The number of ether oxygens (including phenoxy) is 1. The third-order valence-electron chi connectivity index (χ3n) is 6.17. The molecule has 1 unspecified atom stereocenters. The van der Waals surface area contributed by atoms with Crippen LogP contribution >= 0.6 is 23.3 Å². The number of anilines is 2. The number of thiazole rings is 1. The second-order valence-electron chi connectivity index (χ2n) is 9.40. The number of hydrogen-bond acceptors (Lipinski definition) is 10. The van der Waals surface area contributed by atoms with E-state index in [-0.39, 0.29) is 0 Å². The lowest BCUT2D eigenvalue weighted by Crippen LogP contribution is -2.38. The number of nitrogens with zero attached hydrogens (tertiary/aromatic N) is 4. The summed E-state index contributed by atoms with van der Waals surface area (Å²) in [6.07, 6.45) is 6.69. The van der Waals surface area contributed by atoms with E-state index in [0.29, 0.717) is 29.0 Å². The standard InChI is InChI=1S/C24H31N7OS2/c1-15-19(6-7-20(27-15)31-33-14-24(3)9-10-24)32-22-21(34-16(2)28-22)18-8-12-26-23(30-18)29-17-5-4-11-25-13-17/h6-8,12,17,25H,4-5,9-11,13-14H2,1-3H3,(H,27,31)(H,26,29,30). The van der Waals surface area contributed by atoms with Crippen LogP contribution in [-0.4, -0.2) is 44.8 Å². The predicted octanol–water partition coefficient (Wildman–Crippen LogP) is 5.43. The Labute approximate surface area is 208 Å². The first-order valence-electron chi connectivity index (χ1n) is 11.8. The fourth-order valence-electron chi connectivity index (χ4n) is 3.81. The molecule has 0 amide bonds. The Kier molecular flexibility index (Phi) is 6.89. The topological polar surface area (TPSA) is 96.9 Å². The maximum Gasteiger partial charge on any atom is 0.240 e. The molecule has 180 valence electrons. The molecule has 34 heavy (non-hydrogen) atoms. The number of pyridine rings is 1. The highest BCUT2D eigenvalue weighted by atomic mass is 32.2. The highest BCUT2D eigenvalue weighted by Crippen LogP contribution is 2.47. The molecule has 8 nitrogen and oxygen atoms in total. The number of aromatic nitrogens is 4. The smallest absolute Gasteiger partial charge is 0.240 e. The molecule has 1 saturated heterocycles. The van der Waals surface area contributed by atoms with E-state index in [4.69, 9.17) is 9.72 Å². The van der Waals surface area contributed by atoms with Crippen LogP contribution in [0.15, 0.2) is 24.4 Å². The summed E-state index contributed by atoms with van der Waals surface area (Å²) in [5.74, 6) is 3.82. The molecule has 0 spiro atoms. The molecule has 10 heteroatoms. The quantitative estimate of drug-likeness (QED) is 0.334. The lowest BCUT2D eigenvalue weighted by molar-refractivity contribution is 0.461. The van der Waals surface area contributed by atoms with E-state index < -0.39 is 0 Å². The van der Waals surface area contributed by atoms with Gasteiger partial charge in [0.05, 0.1) is 16.4 Å². The third kappa shape index (κ3) is 5.79. The summed E-state index contributed by atoms with van der Waals surface area (Å²) in [7, 11) is 0. The number of rotatable bonds is 9. The van der Waals surface area contributed by atoms with Crippen LogP contribution in [0.25, 0.3) is 10.6 Å². The first-order chi connectivity index (χ1) is 16.5. The van der Waals surface area contributed by atoms with Crippen LogP contribution in [0.5, 0.6) is 11.6 Å². The van der Waals surface area contributed by atoms with Crippen LogP contribution in [0.4, 0.5) is 11.8 Å². The van der Waals surface area contributed by atoms with Crippen LogP contribution in [0.1, 0.15) is 43.3 Å². The Balaban J connectivity index is 1.29. The van der Waals surface area contributed by atoms with Crippen molar-refractivity contribution in [1.29, 1.82) is 0 Å². The molecular formula is C24H31N7OS2. The zero-order valence-electron chi connectivity index (χ0n) is 19.9. The summed E-state index contributed by atoms with van der Waals surface area (Å²) in [6.45, 7) is 8.26. The van der Waals surface area contributed by atoms with Gasteiger partial charge in [-0.1, -0.05) is 18.9 Å². The SMILES string of the molecule is Cc1nc(Oc2ccc(NSCC3(C)CC3)nc2C)c(-c2ccnc(NC3CCCNC3)n2)s1. The van der Waals surface area contributed by atoms with Crippen LogP contribution in [0.3, 0.4) is 0 Å². The number of hydrogen-bond donors (Lipinski definition) is 3. The van der Waals surface area contributed by atoms with Gasteiger partial charge in [-0.25, -0.2) is 19.9 Å². The number of piperidine rings is 1. The van der Waals surface area contributed by atoms with Gasteiger partial charge in [-0.05, 0) is 69.7 Å². The zero-order valence-corrected chi connectivity index (χ0v) is 21.5. The van der Waals surface area contributed by atoms with Crippen LogP contribution < -0.4 is 20.1 Å². The maximum atomic E-state index is 6.24. The Hall–Kier alpha value is -2.43. The van der Waals surface area contributed by atoms with Crippen LogP contribution in [-0.2, 0) is 0 Å². The highest BCUT2D eigenvalue weighted by Gasteiger charge is 2.37. The Bertz CT molecular complexity index is 1140. The molecule has 3 N–H and O–H groups in total. The minimum atomic E-state index is 0.342. The average molecular weight is 498 g/mol. The van der Waals surface area contributed by atoms with E-state index in [1.807, 2.05) is 32.0 Å². The molecule has 3 aromatic rings. The van der Waals surface area contributed by atoms with E-state index >= 15 is 0 Å². The van der Waals surface area contributed by atoms with Crippen molar-refractivity contribution < 1.29 is 4.74 Å². The Morgan fingerprint density at radius 2 is 2.09 bits per heavy atom. The van der Waals surface area contributed by atoms with Gasteiger partial charge in [-0.15, -0.1) is 11.3 Å². The number of nitrogens with one attached hydrogen (secondary N) is 3. The van der Waals surface area contributed by atoms with Gasteiger partial charge in [0, 0.05) is 24.5 Å². The summed E-state index contributed by atoms with van der Waals surface area (Å²) in [5.41, 5.74) is 2.11. The molecule has 2 fully saturated rings. The Morgan fingerprint density at radius 3 is 2.85 bits per heavy atom. The molecule has 0 radical (unpaired) electrons. The lowest BCUT2D eigenvalue weighted by Gasteiger charge is -2.23. The van der Waals surface area contributed by atoms with Crippen molar-refractivity contribution in [3.8, 4) is 22.2 Å². The van der Waals surface area contributed by atoms with Crippen molar-refractivity contribution >= 4 is 35.1 Å². The van der Waals surface area contributed by atoms with Gasteiger partial charge in [0.1, 0.15) is 10.7 Å². The van der Waals surface area contributed by atoms with E-state index in [9.17, 15) is 0 Å². The second-order valence-corrected chi connectivity index (χ2v) is 11.4. The average Bonchev–Trinajstić information content (AvgIpc) is 3.44. The van der Waals surface area contributed by atoms with Gasteiger partial charge in [0.2, 0.25) is 11.8 Å². The molecule has 1 aliphatic heterocycles. The normalized spacial score (nSPS) is 19.0. The molecule has 2 aliphatic rings. The second kappa shape index (κ2) is 10.1. The fourth-order valence-corrected chi connectivity index (χ4v) is 5.60. The van der Waals surface area contributed by atoms with E-state index in [1.54, 1.807) is 29.5 Å². The maximum absolute atomic E-state index is 6.24. The van der Waals surface area contributed by atoms with Crippen LogP contribution in [0, 0.1) is 19.3 Å². The van der Waals surface area contributed by atoms with Gasteiger partial charge >= 0.3 is 0 Å². The van der Waals surface area contributed by atoms with Gasteiger partial charge < -0.3 is 20.1 Å². The monoisotopic (exact) mass is 497 g/mol. The largest absolute Gasteiger partial charge is 0.436 e. The minimum absolute atomic E-state index is 0.342. The molecule has 1 aliphatic carbocycles. The molecule has 1 saturated carbocycles. The van der Waals surface area contributed by atoms with E-state index in [1.165, 1.54) is 12.8 Å². The van der Waals surface area contributed by atoms with Gasteiger partial charge in [-0.3, -0.25) is 0 Å². The first-order valence-corrected chi connectivity index (χ1v) is 13.6. The minimum Gasteiger partial charge on any atom is -0.436 e. The van der Waals surface area contributed by atoms with Crippen molar-refractivity contribution in [2.75, 3.05) is 28.9 Å². The van der Waals surface area contributed by atoms with Crippen LogP contribution in [0.2, 0.25) is 0 Å². The molecule has 4 heterocycles. The third-order valence-corrected chi connectivity index (χ3v) is 8.34. The van der Waals surface area contributed by atoms with E-state index in [0.717, 1.165) is 58.8 Å². The van der Waals surface area contributed by atoms with Crippen molar-refractivity contribution in [3.05, 3.63) is 35.1 Å². The summed E-state index contributed by atoms with van der Waals surface area (Å²) in [6, 6.07) is 6.15. The fraction of sp³-hybridized carbons (Fsp3) is 0.500. The molecule has 3 aromatic heterocycles. The molecule has 5 rings (SSSR count). The van der Waals surface area contributed by atoms with Crippen molar-refractivity contribution in [2.45, 2.75) is 52.5 Å². The van der Waals surface area contributed by atoms with Gasteiger partial charge in [0.15, 0.2) is 5.75 Å². The van der Waals surface area contributed by atoms with E-state index in [2.05, 4.69) is 37.2 Å². The van der Waals surface area contributed by atoms with Crippen molar-refractivity contribution in [1.82, 2.24) is 25.3 Å². The number of aryl methyl sites for hydroxylation is 2. The summed E-state index contributed by atoms with van der Waals surface area (Å²) >= 11 is 3.29. The van der Waals surface area contributed by atoms with Gasteiger partial charge in [-0.2, -0.15) is 0 Å². The Morgan fingerprint density at radius 1 is 1.21 bits per heavy atom. The lowest BCUT2D eigenvalue weighted by atomic mass is 10.1. The molecule has 0 aromatic carbocycles. The van der Waals surface area contributed by atoms with Crippen molar-refractivity contribution in [2.24, 2.45) is 5.41 Å². The zero-order chi connectivity index (χ0) is 23.5. The molecular weight excluding hydrogens is 466 g/mol. The molecule has 1 atom stereocenters. The first kappa shape index (κ1) is 23.3. The predicted molar refractivity (Wildman–Crippen MR) is 140 cm³/mol. The molecule has 0 bridgehead atoms.